The van der Waals surface area contributed by atoms with E-state index >= 15 is 0 Å². The van der Waals surface area contributed by atoms with Gasteiger partial charge in [-0.2, -0.15) is 4.98 Å². The Hall–Kier alpha value is -3.99. The summed E-state index contributed by atoms with van der Waals surface area (Å²) in [6, 6.07) is 12.6. The molecule has 3 aromatic rings. The molecular formula is C24H26N6O5. The van der Waals surface area contributed by atoms with E-state index in [0.29, 0.717) is 63.4 Å². The molecule has 1 aromatic carbocycles. The second kappa shape index (κ2) is 9.71. The number of anilines is 1. The standard InChI is InChI=1S/C24H26N6O5/c31-21(28-10-8-18(9-11-28)22(32)29-12-14-35-15-13-29)17-6-4-16(5-7-17)19-2-1-3-20-25-23(26-24(33)34)27-30(19)20/h1-7,18H,8-15H2,(H,26,27)(H,33,34). The zero-order chi connectivity index (χ0) is 24.4. The molecule has 0 bridgehead atoms. The van der Waals surface area contributed by atoms with Crippen LogP contribution in [0.15, 0.2) is 42.5 Å². The first-order valence-electron chi connectivity index (χ1n) is 11.6. The van der Waals surface area contributed by atoms with Crippen molar-refractivity contribution < 1.29 is 24.2 Å². The number of fused-ring (bicyclic) bond motifs is 1. The van der Waals surface area contributed by atoms with E-state index in [0.717, 1.165) is 11.3 Å². The van der Waals surface area contributed by atoms with E-state index in [2.05, 4.69) is 15.4 Å². The number of benzene rings is 1. The Morgan fingerprint density at radius 2 is 1.66 bits per heavy atom. The van der Waals surface area contributed by atoms with Gasteiger partial charge in [0.25, 0.3) is 11.9 Å². The van der Waals surface area contributed by atoms with Gasteiger partial charge in [-0.3, -0.25) is 14.9 Å². The van der Waals surface area contributed by atoms with Crippen molar-refractivity contribution in [3.8, 4) is 11.3 Å². The summed E-state index contributed by atoms with van der Waals surface area (Å²) in [7, 11) is 0. The number of nitrogens with zero attached hydrogens (tertiary/aromatic N) is 5. The van der Waals surface area contributed by atoms with Crippen molar-refractivity contribution in [2.24, 2.45) is 5.92 Å². The molecule has 0 spiro atoms. The van der Waals surface area contributed by atoms with Gasteiger partial charge in [0.1, 0.15) is 0 Å². The van der Waals surface area contributed by atoms with E-state index in [4.69, 9.17) is 9.84 Å². The number of morpholine rings is 1. The van der Waals surface area contributed by atoms with E-state index in [1.54, 1.807) is 27.6 Å². The van der Waals surface area contributed by atoms with Crippen molar-refractivity contribution in [1.82, 2.24) is 24.4 Å². The number of ether oxygens (including phenoxy) is 1. The zero-order valence-electron chi connectivity index (χ0n) is 19.1. The van der Waals surface area contributed by atoms with Gasteiger partial charge in [-0.15, -0.1) is 5.10 Å². The Morgan fingerprint density at radius 3 is 2.34 bits per heavy atom. The largest absolute Gasteiger partial charge is 0.465 e. The minimum absolute atomic E-state index is 0.00717. The molecule has 0 saturated carbocycles. The minimum atomic E-state index is -1.24. The lowest BCUT2D eigenvalue weighted by molar-refractivity contribution is -0.141. The van der Waals surface area contributed by atoms with Crippen LogP contribution in [0.4, 0.5) is 10.7 Å². The SMILES string of the molecule is O=C(O)Nc1nc2cccc(-c3ccc(C(=O)N4CCC(C(=O)N5CCOCC5)CC4)cc3)n2n1. The van der Waals surface area contributed by atoms with Crippen molar-refractivity contribution >= 4 is 29.5 Å². The number of hydrogen-bond acceptors (Lipinski definition) is 6. The molecule has 11 heteroatoms. The molecule has 2 aromatic heterocycles. The Morgan fingerprint density at radius 1 is 0.943 bits per heavy atom. The molecular weight excluding hydrogens is 452 g/mol. The Bertz CT molecular complexity index is 1240. The van der Waals surface area contributed by atoms with Gasteiger partial charge in [-0.1, -0.05) is 18.2 Å². The van der Waals surface area contributed by atoms with Crippen LogP contribution in [0.3, 0.4) is 0 Å². The smallest absolute Gasteiger partial charge is 0.411 e. The summed E-state index contributed by atoms with van der Waals surface area (Å²) in [5.41, 5.74) is 2.61. The number of hydrogen-bond donors (Lipinski definition) is 2. The summed E-state index contributed by atoms with van der Waals surface area (Å²) >= 11 is 0. The fraction of sp³-hybridized carbons (Fsp3) is 0.375. The third kappa shape index (κ3) is 4.80. The van der Waals surface area contributed by atoms with Gasteiger partial charge < -0.3 is 19.6 Å². The molecule has 182 valence electrons. The van der Waals surface area contributed by atoms with Crippen LogP contribution in [-0.2, 0) is 9.53 Å². The van der Waals surface area contributed by atoms with Crippen LogP contribution < -0.4 is 5.32 Å². The van der Waals surface area contributed by atoms with Crippen LogP contribution in [0.25, 0.3) is 16.9 Å². The predicted octanol–water partition coefficient (Wildman–Crippen LogP) is 2.20. The zero-order valence-corrected chi connectivity index (χ0v) is 19.1. The molecule has 0 aliphatic carbocycles. The summed E-state index contributed by atoms with van der Waals surface area (Å²) in [6.07, 6.45) is 0.0991. The first-order valence-corrected chi connectivity index (χ1v) is 11.6. The summed E-state index contributed by atoms with van der Waals surface area (Å²) in [5.74, 6) is 0.0740. The molecule has 0 unspecified atom stereocenters. The average molecular weight is 479 g/mol. The van der Waals surface area contributed by atoms with Gasteiger partial charge in [0.15, 0.2) is 5.65 Å². The lowest BCUT2D eigenvalue weighted by Gasteiger charge is -2.35. The first kappa shape index (κ1) is 22.8. The number of carboxylic acid groups (broad SMARTS) is 1. The topological polar surface area (TPSA) is 129 Å². The number of aromatic nitrogens is 3. The number of nitrogens with one attached hydrogen (secondary N) is 1. The van der Waals surface area contributed by atoms with Crippen molar-refractivity contribution in [3.63, 3.8) is 0 Å². The van der Waals surface area contributed by atoms with E-state index in [1.807, 2.05) is 29.2 Å². The number of likely N-dealkylation sites (tertiary alicyclic amines) is 1. The van der Waals surface area contributed by atoms with Crippen LogP contribution in [0.2, 0.25) is 0 Å². The minimum Gasteiger partial charge on any atom is -0.465 e. The lowest BCUT2D eigenvalue weighted by atomic mass is 9.94. The molecule has 5 rings (SSSR count). The number of carbonyl (C=O) groups excluding carboxylic acids is 2. The van der Waals surface area contributed by atoms with Crippen LogP contribution in [0.5, 0.6) is 0 Å². The first-order chi connectivity index (χ1) is 17.0. The fourth-order valence-corrected chi connectivity index (χ4v) is 4.61. The van der Waals surface area contributed by atoms with Crippen LogP contribution in [0.1, 0.15) is 23.2 Å². The maximum absolute atomic E-state index is 13.1. The number of piperidine rings is 1. The normalized spacial score (nSPS) is 16.9. The molecule has 11 nitrogen and oxygen atoms in total. The fourth-order valence-electron chi connectivity index (χ4n) is 4.61. The molecule has 2 aliphatic rings. The third-order valence-corrected chi connectivity index (χ3v) is 6.46. The second-order valence-electron chi connectivity index (χ2n) is 8.63. The molecule has 3 amide bonds. The van der Waals surface area contributed by atoms with Gasteiger partial charge in [0, 0.05) is 43.2 Å². The Kier molecular flexibility index (Phi) is 6.32. The second-order valence-corrected chi connectivity index (χ2v) is 8.63. The van der Waals surface area contributed by atoms with Gasteiger partial charge in [0.2, 0.25) is 5.91 Å². The van der Waals surface area contributed by atoms with Gasteiger partial charge in [-0.25, -0.2) is 9.31 Å². The lowest BCUT2D eigenvalue weighted by Crippen LogP contribution is -2.47. The van der Waals surface area contributed by atoms with Crippen molar-refractivity contribution in [2.75, 3.05) is 44.7 Å². The van der Waals surface area contributed by atoms with Gasteiger partial charge in [0.05, 0.1) is 18.9 Å². The third-order valence-electron chi connectivity index (χ3n) is 6.46. The summed E-state index contributed by atoms with van der Waals surface area (Å²) in [5, 5.41) is 15.3. The quantitative estimate of drug-likeness (QED) is 0.588. The monoisotopic (exact) mass is 478 g/mol. The molecule has 4 heterocycles. The van der Waals surface area contributed by atoms with Crippen molar-refractivity contribution in [3.05, 3.63) is 48.0 Å². The number of pyridine rings is 1. The van der Waals surface area contributed by atoms with Crippen LogP contribution >= 0.6 is 0 Å². The molecule has 2 N–H and O–H groups in total. The molecule has 2 aliphatic heterocycles. The molecule has 0 radical (unpaired) electrons. The number of amides is 3. The average Bonchev–Trinajstić information content (AvgIpc) is 3.30. The van der Waals surface area contributed by atoms with Gasteiger partial charge >= 0.3 is 6.09 Å². The Labute approximate surface area is 201 Å². The Balaban J connectivity index is 1.25. The van der Waals surface area contributed by atoms with Gasteiger partial charge in [-0.05, 0) is 37.1 Å². The summed E-state index contributed by atoms with van der Waals surface area (Å²) in [6.45, 7) is 3.57. The van der Waals surface area contributed by atoms with E-state index in [1.165, 1.54) is 0 Å². The van der Waals surface area contributed by atoms with E-state index in [-0.39, 0.29) is 23.7 Å². The maximum atomic E-state index is 13.1. The number of rotatable bonds is 4. The van der Waals surface area contributed by atoms with Crippen molar-refractivity contribution in [1.29, 1.82) is 0 Å². The predicted molar refractivity (Wildman–Crippen MR) is 126 cm³/mol. The molecule has 2 saturated heterocycles. The highest BCUT2D eigenvalue weighted by Gasteiger charge is 2.31. The summed E-state index contributed by atoms with van der Waals surface area (Å²) < 4.78 is 6.88. The van der Waals surface area contributed by atoms with Crippen LogP contribution in [-0.4, -0.2) is 86.8 Å². The molecule has 2 fully saturated rings. The molecule has 0 atom stereocenters. The molecule has 35 heavy (non-hydrogen) atoms. The number of carbonyl (C=O) groups is 3. The highest BCUT2D eigenvalue weighted by molar-refractivity contribution is 5.95. The highest BCUT2D eigenvalue weighted by atomic mass is 16.5. The van der Waals surface area contributed by atoms with Crippen molar-refractivity contribution in [2.45, 2.75) is 12.8 Å². The van der Waals surface area contributed by atoms with E-state index in [9.17, 15) is 14.4 Å². The maximum Gasteiger partial charge on any atom is 0.411 e. The summed E-state index contributed by atoms with van der Waals surface area (Å²) in [4.78, 5) is 44.5. The highest BCUT2D eigenvalue weighted by Crippen LogP contribution is 2.24. The van der Waals surface area contributed by atoms with E-state index < -0.39 is 6.09 Å². The van der Waals surface area contributed by atoms with Crippen LogP contribution in [0, 0.1) is 5.92 Å².